The number of methoxy groups -OCH3 is 2. The summed E-state index contributed by atoms with van der Waals surface area (Å²) in [4.78, 5) is 0. The van der Waals surface area contributed by atoms with Gasteiger partial charge in [-0.25, -0.2) is 0 Å². The van der Waals surface area contributed by atoms with E-state index in [9.17, 15) is 0 Å². The van der Waals surface area contributed by atoms with Crippen LogP contribution < -0.4 is 10.6 Å². The van der Waals surface area contributed by atoms with Crippen LogP contribution in [0.3, 0.4) is 0 Å². The molecule has 0 amide bonds. The van der Waals surface area contributed by atoms with Crippen molar-refractivity contribution in [1.82, 2.24) is 0 Å². The second kappa shape index (κ2) is 10.1. The zero-order valence-corrected chi connectivity index (χ0v) is 16.9. The van der Waals surface area contributed by atoms with Crippen LogP contribution in [0, 0.1) is 0 Å². The SMILES string of the molecule is CCCC(OC)[P+](c1ccccc1)(c1ccccc1)C(CCC)OC. The molecule has 0 bridgehead atoms. The Hall–Kier alpha value is -1.21. The van der Waals surface area contributed by atoms with Gasteiger partial charge in [-0.2, -0.15) is 0 Å². The van der Waals surface area contributed by atoms with Crippen LogP contribution in [0.5, 0.6) is 0 Å². The van der Waals surface area contributed by atoms with Crippen LogP contribution in [0.2, 0.25) is 0 Å². The highest BCUT2D eigenvalue weighted by atomic mass is 31.2. The van der Waals surface area contributed by atoms with Crippen LogP contribution in [0.15, 0.2) is 60.7 Å². The first-order valence-corrected chi connectivity index (χ1v) is 11.2. The molecule has 2 rings (SSSR count). The van der Waals surface area contributed by atoms with Crippen molar-refractivity contribution in [2.45, 2.75) is 51.2 Å². The fraction of sp³-hybridized carbons (Fsp3) is 0.455. The zero-order valence-electron chi connectivity index (χ0n) is 16.0. The van der Waals surface area contributed by atoms with Crippen molar-refractivity contribution in [1.29, 1.82) is 0 Å². The summed E-state index contributed by atoms with van der Waals surface area (Å²) in [7, 11) is 1.82. The highest BCUT2D eigenvalue weighted by Gasteiger charge is 2.56. The Bertz CT molecular complexity index is 544. The van der Waals surface area contributed by atoms with Crippen molar-refractivity contribution >= 4 is 17.9 Å². The van der Waals surface area contributed by atoms with E-state index >= 15 is 0 Å². The molecule has 0 aliphatic rings. The maximum Gasteiger partial charge on any atom is 0.178 e. The molecule has 2 unspecified atom stereocenters. The maximum absolute atomic E-state index is 6.16. The maximum atomic E-state index is 6.16. The second-order valence-corrected chi connectivity index (χ2v) is 10.1. The van der Waals surface area contributed by atoms with Crippen LogP contribution in [0.4, 0.5) is 0 Å². The molecule has 0 radical (unpaired) electrons. The van der Waals surface area contributed by atoms with Crippen LogP contribution in [-0.2, 0) is 9.47 Å². The van der Waals surface area contributed by atoms with E-state index in [1.807, 2.05) is 14.2 Å². The molecule has 0 aromatic heterocycles. The molecule has 0 spiro atoms. The molecule has 25 heavy (non-hydrogen) atoms. The molecule has 0 saturated carbocycles. The van der Waals surface area contributed by atoms with E-state index in [0.717, 1.165) is 25.7 Å². The first-order chi connectivity index (χ1) is 12.2. The Kier molecular flexibility index (Phi) is 8.09. The molecule has 2 nitrogen and oxygen atoms in total. The summed E-state index contributed by atoms with van der Waals surface area (Å²) in [5, 5.41) is 2.75. The van der Waals surface area contributed by atoms with Crippen LogP contribution in [-0.4, -0.2) is 25.9 Å². The molecule has 2 aromatic rings. The third-order valence-electron chi connectivity index (χ3n) is 4.89. The van der Waals surface area contributed by atoms with Gasteiger partial charge in [0.25, 0.3) is 0 Å². The lowest BCUT2D eigenvalue weighted by Crippen LogP contribution is -2.40. The molecule has 136 valence electrons. The van der Waals surface area contributed by atoms with Crippen LogP contribution in [0.25, 0.3) is 0 Å². The number of benzene rings is 2. The summed E-state index contributed by atoms with van der Waals surface area (Å²) in [5.41, 5.74) is 0. The Balaban J connectivity index is 2.76. The Morgan fingerprint density at radius 3 is 1.32 bits per heavy atom. The molecule has 2 atom stereocenters. The highest BCUT2D eigenvalue weighted by molar-refractivity contribution is 7.90. The summed E-state index contributed by atoms with van der Waals surface area (Å²) in [6.07, 6.45) is 4.28. The van der Waals surface area contributed by atoms with Gasteiger partial charge < -0.3 is 9.47 Å². The lowest BCUT2D eigenvalue weighted by molar-refractivity contribution is 0.130. The quantitative estimate of drug-likeness (QED) is 0.543. The van der Waals surface area contributed by atoms with E-state index < -0.39 is 7.26 Å². The highest BCUT2D eigenvalue weighted by Crippen LogP contribution is 2.67. The van der Waals surface area contributed by atoms with Gasteiger partial charge >= 0.3 is 0 Å². The molecular formula is C22H32O2P+. The monoisotopic (exact) mass is 359 g/mol. The van der Waals surface area contributed by atoms with E-state index in [1.165, 1.54) is 10.6 Å². The predicted molar refractivity (Wildman–Crippen MR) is 110 cm³/mol. The van der Waals surface area contributed by atoms with Gasteiger partial charge in [0.15, 0.2) is 11.7 Å². The van der Waals surface area contributed by atoms with Crippen molar-refractivity contribution in [3.63, 3.8) is 0 Å². The number of hydrogen-bond acceptors (Lipinski definition) is 2. The van der Waals surface area contributed by atoms with Crippen molar-refractivity contribution in [3.8, 4) is 0 Å². The Morgan fingerprint density at radius 2 is 1.04 bits per heavy atom. The van der Waals surface area contributed by atoms with Gasteiger partial charge in [0.1, 0.15) is 17.9 Å². The molecule has 0 fully saturated rings. The van der Waals surface area contributed by atoms with E-state index in [-0.39, 0.29) is 11.7 Å². The van der Waals surface area contributed by atoms with Crippen molar-refractivity contribution in [3.05, 3.63) is 60.7 Å². The lowest BCUT2D eigenvalue weighted by Gasteiger charge is -2.38. The minimum atomic E-state index is -1.90. The molecule has 0 saturated heterocycles. The largest absolute Gasteiger partial charge is 0.346 e. The van der Waals surface area contributed by atoms with E-state index in [0.29, 0.717) is 0 Å². The molecule has 3 heteroatoms. The molecular weight excluding hydrogens is 327 g/mol. The summed E-state index contributed by atoms with van der Waals surface area (Å²) >= 11 is 0. The molecule has 0 N–H and O–H groups in total. The minimum Gasteiger partial charge on any atom is -0.346 e. The Morgan fingerprint density at radius 1 is 0.680 bits per heavy atom. The van der Waals surface area contributed by atoms with Crippen molar-refractivity contribution in [2.24, 2.45) is 0 Å². The fourth-order valence-corrected chi connectivity index (χ4v) is 9.14. The Labute approximate surface area is 153 Å². The lowest BCUT2D eigenvalue weighted by atomic mass is 10.3. The first kappa shape index (κ1) is 20.1. The van der Waals surface area contributed by atoms with E-state index in [4.69, 9.17) is 9.47 Å². The standard InChI is InChI=1S/C22H32O2P/c1-5-13-21(23-3)25(22(24-4)14-6-2,19-15-9-7-10-16-19)20-17-11-8-12-18-20/h7-12,15-18,21-22H,5-6,13-14H2,1-4H3/q+1. The summed E-state index contributed by atoms with van der Waals surface area (Å²) in [6.45, 7) is 4.47. The van der Waals surface area contributed by atoms with Gasteiger partial charge in [-0.3, -0.25) is 0 Å². The third-order valence-corrected chi connectivity index (χ3v) is 9.95. The average molecular weight is 359 g/mol. The average Bonchev–Trinajstić information content (AvgIpc) is 2.68. The van der Waals surface area contributed by atoms with Gasteiger partial charge in [0.05, 0.1) is 0 Å². The topological polar surface area (TPSA) is 18.5 Å². The number of ether oxygens (including phenoxy) is 2. The van der Waals surface area contributed by atoms with Crippen molar-refractivity contribution in [2.75, 3.05) is 14.2 Å². The predicted octanol–water partition coefficient (Wildman–Crippen LogP) is 5.20. The van der Waals surface area contributed by atoms with Gasteiger partial charge in [-0.1, -0.05) is 50.2 Å². The molecule has 2 aromatic carbocycles. The van der Waals surface area contributed by atoms with E-state index in [1.54, 1.807) is 0 Å². The summed E-state index contributed by atoms with van der Waals surface area (Å²) in [6, 6.07) is 21.8. The van der Waals surface area contributed by atoms with E-state index in [2.05, 4.69) is 74.5 Å². The second-order valence-electron chi connectivity index (χ2n) is 6.41. The fourth-order valence-electron chi connectivity index (χ4n) is 3.82. The molecule has 0 aliphatic heterocycles. The van der Waals surface area contributed by atoms with Crippen LogP contribution in [0.1, 0.15) is 39.5 Å². The first-order valence-electron chi connectivity index (χ1n) is 9.30. The molecule has 0 aliphatic carbocycles. The number of hydrogen-bond donors (Lipinski definition) is 0. The van der Waals surface area contributed by atoms with Gasteiger partial charge in [0.2, 0.25) is 0 Å². The van der Waals surface area contributed by atoms with Gasteiger partial charge in [-0.05, 0) is 37.1 Å². The van der Waals surface area contributed by atoms with Crippen LogP contribution >= 0.6 is 7.26 Å². The molecule has 0 heterocycles. The third kappa shape index (κ3) is 4.14. The smallest absolute Gasteiger partial charge is 0.178 e. The zero-order chi connectivity index (χ0) is 18.1. The van der Waals surface area contributed by atoms with Crippen molar-refractivity contribution < 1.29 is 9.47 Å². The summed E-state index contributed by atoms with van der Waals surface area (Å²) < 4.78 is 12.3. The minimum absolute atomic E-state index is 0.166. The number of rotatable bonds is 10. The van der Waals surface area contributed by atoms with Gasteiger partial charge in [-0.15, -0.1) is 0 Å². The normalized spacial score (nSPS) is 14.2. The summed E-state index contributed by atoms with van der Waals surface area (Å²) in [5.74, 6) is 0.331. The van der Waals surface area contributed by atoms with Gasteiger partial charge in [0, 0.05) is 27.1 Å².